The number of hydrogen-bond acceptors (Lipinski definition) is 5. The van der Waals surface area contributed by atoms with Crippen LogP contribution in [0, 0.1) is 0 Å². The van der Waals surface area contributed by atoms with Gasteiger partial charge in [0, 0.05) is 17.7 Å². The number of nitrogens with one attached hydrogen (secondary N) is 2. The first kappa shape index (κ1) is 12.3. The number of benzene rings is 1. The molecule has 1 heterocycles. The number of para-hydroxylation sites is 1. The second-order valence-corrected chi connectivity index (χ2v) is 4.29. The highest BCUT2D eigenvalue weighted by Gasteiger charge is 2.07. The van der Waals surface area contributed by atoms with Gasteiger partial charge in [-0.1, -0.05) is 32.0 Å². The quantitative estimate of drug-likeness (QED) is 0.568. The molecule has 0 aliphatic rings. The van der Waals surface area contributed by atoms with Gasteiger partial charge in [-0.05, 0) is 12.1 Å². The van der Waals surface area contributed by atoms with Crippen LogP contribution in [0.4, 0.5) is 17.3 Å². The van der Waals surface area contributed by atoms with Crippen molar-refractivity contribution in [3.05, 3.63) is 42.2 Å². The topological polar surface area (TPSA) is 75.9 Å². The summed E-state index contributed by atoms with van der Waals surface area (Å²) in [6.07, 6.45) is 0. The summed E-state index contributed by atoms with van der Waals surface area (Å²) in [6, 6.07) is 11.6. The molecule has 4 N–H and O–H groups in total. The minimum absolute atomic E-state index is 0.245. The predicted octanol–water partition coefficient (Wildman–Crippen LogP) is 2.63. The Morgan fingerprint density at radius 2 is 1.72 bits per heavy atom. The van der Waals surface area contributed by atoms with E-state index in [2.05, 4.69) is 20.7 Å². The van der Waals surface area contributed by atoms with E-state index < -0.39 is 0 Å². The fourth-order valence-corrected chi connectivity index (χ4v) is 1.53. The number of nitrogen functional groups attached to an aromatic ring is 1. The first-order chi connectivity index (χ1) is 8.69. The molecule has 0 spiro atoms. The van der Waals surface area contributed by atoms with Crippen molar-refractivity contribution in [1.29, 1.82) is 0 Å². The Balaban J connectivity index is 2.30. The molecule has 0 saturated heterocycles. The van der Waals surface area contributed by atoms with Gasteiger partial charge in [-0.2, -0.15) is 0 Å². The summed E-state index contributed by atoms with van der Waals surface area (Å²) in [7, 11) is 0. The van der Waals surface area contributed by atoms with Crippen molar-refractivity contribution in [1.82, 2.24) is 9.97 Å². The number of hydrogen-bond donors (Lipinski definition) is 3. The minimum Gasteiger partial charge on any atom is -0.340 e. The highest BCUT2D eigenvalue weighted by atomic mass is 15.3. The molecule has 0 atom stereocenters. The van der Waals surface area contributed by atoms with Crippen LogP contribution >= 0.6 is 0 Å². The van der Waals surface area contributed by atoms with Crippen LogP contribution in [-0.4, -0.2) is 9.97 Å². The Morgan fingerprint density at radius 3 is 2.33 bits per heavy atom. The average Bonchev–Trinajstić information content (AvgIpc) is 2.39. The zero-order valence-corrected chi connectivity index (χ0v) is 10.5. The number of aromatic nitrogens is 2. The second kappa shape index (κ2) is 5.46. The Bertz CT molecular complexity index is 510. The average molecular weight is 243 g/mol. The molecule has 0 fully saturated rings. The van der Waals surface area contributed by atoms with E-state index in [0.29, 0.717) is 5.82 Å². The Labute approximate surface area is 106 Å². The van der Waals surface area contributed by atoms with Crippen LogP contribution in [0.25, 0.3) is 0 Å². The first-order valence-electron chi connectivity index (χ1n) is 5.86. The van der Waals surface area contributed by atoms with E-state index in [9.17, 15) is 0 Å². The molecule has 0 saturated carbocycles. The van der Waals surface area contributed by atoms with E-state index >= 15 is 0 Å². The summed E-state index contributed by atoms with van der Waals surface area (Å²) in [5, 5.41) is 3.23. The molecular formula is C13H17N5. The van der Waals surface area contributed by atoms with Gasteiger partial charge in [0.25, 0.3) is 0 Å². The molecule has 2 rings (SSSR count). The molecule has 0 radical (unpaired) electrons. The van der Waals surface area contributed by atoms with Crippen molar-refractivity contribution >= 4 is 17.3 Å². The lowest BCUT2D eigenvalue weighted by atomic mass is 10.2. The number of nitrogens with two attached hydrogens (primary N) is 1. The van der Waals surface area contributed by atoms with E-state index in [1.54, 1.807) is 6.07 Å². The molecule has 5 heteroatoms. The van der Waals surface area contributed by atoms with Gasteiger partial charge in [0.1, 0.15) is 17.5 Å². The molecule has 0 amide bonds. The van der Waals surface area contributed by atoms with Crippen LogP contribution in [0.15, 0.2) is 36.4 Å². The van der Waals surface area contributed by atoms with Crippen LogP contribution in [0.1, 0.15) is 25.6 Å². The van der Waals surface area contributed by atoms with Crippen molar-refractivity contribution in [3.63, 3.8) is 0 Å². The summed E-state index contributed by atoms with van der Waals surface area (Å²) < 4.78 is 0. The van der Waals surface area contributed by atoms with E-state index in [1.165, 1.54) is 0 Å². The van der Waals surface area contributed by atoms with Crippen molar-refractivity contribution in [3.8, 4) is 0 Å². The summed E-state index contributed by atoms with van der Waals surface area (Å²) in [4.78, 5) is 8.76. The largest absolute Gasteiger partial charge is 0.340 e. The van der Waals surface area contributed by atoms with E-state index in [0.717, 1.165) is 17.3 Å². The van der Waals surface area contributed by atoms with Gasteiger partial charge in [0.2, 0.25) is 0 Å². The molecule has 0 unspecified atom stereocenters. The molecule has 0 aliphatic heterocycles. The summed E-state index contributed by atoms with van der Waals surface area (Å²) in [5.41, 5.74) is 3.54. The number of anilines is 3. The van der Waals surface area contributed by atoms with Crippen LogP contribution < -0.4 is 16.6 Å². The summed E-state index contributed by atoms with van der Waals surface area (Å²) >= 11 is 0. The van der Waals surface area contributed by atoms with E-state index in [1.807, 2.05) is 44.2 Å². The Morgan fingerprint density at radius 1 is 1.06 bits per heavy atom. The first-order valence-corrected chi connectivity index (χ1v) is 5.86. The van der Waals surface area contributed by atoms with Crippen molar-refractivity contribution in [2.24, 2.45) is 5.84 Å². The maximum absolute atomic E-state index is 5.41. The van der Waals surface area contributed by atoms with Gasteiger partial charge in [-0.15, -0.1) is 0 Å². The molecule has 1 aromatic carbocycles. The lowest BCUT2D eigenvalue weighted by molar-refractivity contribution is 0.777. The van der Waals surface area contributed by atoms with Gasteiger partial charge in [0.15, 0.2) is 0 Å². The lowest BCUT2D eigenvalue weighted by Crippen LogP contribution is -2.12. The van der Waals surface area contributed by atoms with Gasteiger partial charge >= 0.3 is 0 Å². The molecular weight excluding hydrogens is 226 g/mol. The standard InChI is InChI=1S/C13H17N5/c1-9(2)13-16-11(8-12(17-13)18-14)15-10-6-4-3-5-7-10/h3-9H,14H2,1-2H3,(H2,15,16,17,18). The van der Waals surface area contributed by atoms with Gasteiger partial charge in [-0.3, -0.25) is 0 Å². The normalized spacial score (nSPS) is 10.4. The van der Waals surface area contributed by atoms with Crippen LogP contribution in [0.5, 0.6) is 0 Å². The number of nitrogens with zero attached hydrogens (tertiary/aromatic N) is 2. The SMILES string of the molecule is CC(C)c1nc(NN)cc(Nc2ccccc2)n1. The molecule has 0 bridgehead atoms. The van der Waals surface area contributed by atoms with Gasteiger partial charge in [0.05, 0.1) is 0 Å². The second-order valence-electron chi connectivity index (χ2n) is 4.29. The third-order valence-electron chi connectivity index (χ3n) is 2.45. The fourth-order valence-electron chi connectivity index (χ4n) is 1.53. The third-order valence-corrected chi connectivity index (χ3v) is 2.45. The van der Waals surface area contributed by atoms with Crippen molar-refractivity contribution in [2.75, 3.05) is 10.7 Å². The third kappa shape index (κ3) is 2.95. The zero-order chi connectivity index (χ0) is 13.0. The highest BCUT2D eigenvalue weighted by Crippen LogP contribution is 2.19. The minimum atomic E-state index is 0.245. The molecule has 0 aliphatic carbocycles. The fraction of sp³-hybridized carbons (Fsp3) is 0.231. The number of rotatable bonds is 4. The molecule has 1 aromatic heterocycles. The van der Waals surface area contributed by atoms with Crippen LogP contribution in [0.3, 0.4) is 0 Å². The Hall–Kier alpha value is -2.14. The van der Waals surface area contributed by atoms with Gasteiger partial charge in [-0.25, -0.2) is 15.8 Å². The van der Waals surface area contributed by atoms with Gasteiger partial charge < -0.3 is 10.7 Å². The Kier molecular flexibility index (Phi) is 3.74. The molecule has 2 aromatic rings. The van der Waals surface area contributed by atoms with Crippen LogP contribution in [-0.2, 0) is 0 Å². The van der Waals surface area contributed by atoms with Crippen LogP contribution in [0.2, 0.25) is 0 Å². The smallest absolute Gasteiger partial charge is 0.145 e. The molecule has 18 heavy (non-hydrogen) atoms. The highest BCUT2D eigenvalue weighted by molar-refractivity contribution is 5.58. The zero-order valence-electron chi connectivity index (χ0n) is 10.5. The maximum Gasteiger partial charge on any atom is 0.145 e. The lowest BCUT2D eigenvalue weighted by Gasteiger charge is -2.11. The number of hydrazine groups is 1. The molecule has 94 valence electrons. The summed E-state index contributed by atoms with van der Waals surface area (Å²) in [6.45, 7) is 4.09. The van der Waals surface area contributed by atoms with E-state index in [4.69, 9.17) is 5.84 Å². The molecule has 5 nitrogen and oxygen atoms in total. The van der Waals surface area contributed by atoms with Crippen molar-refractivity contribution in [2.45, 2.75) is 19.8 Å². The predicted molar refractivity (Wildman–Crippen MR) is 73.7 cm³/mol. The monoisotopic (exact) mass is 243 g/mol. The summed E-state index contributed by atoms with van der Waals surface area (Å²) in [5.74, 6) is 7.75. The van der Waals surface area contributed by atoms with Crippen molar-refractivity contribution < 1.29 is 0 Å². The maximum atomic E-state index is 5.41. The van der Waals surface area contributed by atoms with E-state index in [-0.39, 0.29) is 5.92 Å².